The van der Waals surface area contributed by atoms with E-state index in [9.17, 15) is 9.59 Å². The summed E-state index contributed by atoms with van der Waals surface area (Å²) >= 11 is 0. The molecule has 1 saturated heterocycles. The number of carbonyl (C=O) groups excluding carboxylic acids is 2. The lowest BCUT2D eigenvalue weighted by atomic mass is 9.93. The summed E-state index contributed by atoms with van der Waals surface area (Å²) in [5, 5.41) is 0. The second-order valence-electron chi connectivity index (χ2n) is 6.60. The maximum absolute atomic E-state index is 12.1. The van der Waals surface area contributed by atoms with Crippen molar-refractivity contribution in [2.24, 2.45) is 11.8 Å². The first kappa shape index (κ1) is 16.0. The first-order valence-electron chi connectivity index (χ1n) is 7.23. The van der Waals surface area contributed by atoms with Gasteiger partial charge in [0.15, 0.2) is 0 Å². The standard InChI is InChI=1S/C15H27NO3/c1-6-11(2)9-13(17)12-7-8-16(10-12)14(18)19-15(3,4)5/h11-12H,6-10H2,1-5H3. The molecular weight excluding hydrogens is 242 g/mol. The molecule has 0 N–H and O–H groups in total. The Balaban J connectivity index is 2.45. The molecule has 0 radical (unpaired) electrons. The van der Waals surface area contributed by atoms with Gasteiger partial charge < -0.3 is 9.64 Å². The predicted molar refractivity (Wildman–Crippen MR) is 75.0 cm³/mol. The Morgan fingerprint density at radius 1 is 1.37 bits per heavy atom. The van der Waals surface area contributed by atoms with Crippen molar-refractivity contribution in [3.8, 4) is 0 Å². The van der Waals surface area contributed by atoms with Crippen LogP contribution in [0.25, 0.3) is 0 Å². The lowest BCUT2D eigenvalue weighted by molar-refractivity contribution is -0.123. The van der Waals surface area contributed by atoms with E-state index in [1.807, 2.05) is 20.8 Å². The molecular formula is C15H27NO3. The highest BCUT2D eigenvalue weighted by molar-refractivity contribution is 5.82. The summed E-state index contributed by atoms with van der Waals surface area (Å²) in [6, 6.07) is 0. The van der Waals surface area contributed by atoms with E-state index in [4.69, 9.17) is 4.74 Å². The van der Waals surface area contributed by atoms with E-state index in [1.54, 1.807) is 4.90 Å². The van der Waals surface area contributed by atoms with Crippen molar-refractivity contribution in [1.29, 1.82) is 0 Å². The van der Waals surface area contributed by atoms with E-state index in [2.05, 4.69) is 13.8 Å². The second kappa shape index (κ2) is 6.40. The Morgan fingerprint density at radius 3 is 2.53 bits per heavy atom. The summed E-state index contributed by atoms with van der Waals surface area (Å²) in [5.74, 6) is 0.727. The van der Waals surface area contributed by atoms with Crippen LogP contribution in [0.5, 0.6) is 0 Å². The van der Waals surface area contributed by atoms with Gasteiger partial charge in [-0.25, -0.2) is 4.79 Å². The van der Waals surface area contributed by atoms with Crippen LogP contribution in [0.4, 0.5) is 4.79 Å². The molecule has 0 aromatic carbocycles. The molecule has 0 spiro atoms. The van der Waals surface area contributed by atoms with Crippen molar-refractivity contribution < 1.29 is 14.3 Å². The van der Waals surface area contributed by atoms with Crippen LogP contribution in [0, 0.1) is 11.8 Å². The van der Waals surface area contributed by atoms with Crippen LogP contribution in [-0.2, 0) is 9.53 Å². The van der Waals surface area contributed by atoms with Crippen molar-refractivity contribution in [2.45, 2.75) is 59.5 Å². The topological polar surface area (TPSA) is 46.6 Å². The lowest BCUT2D eigenvalue weighted by Gasteiger charge is -2.24. The van der Waals surface area contributed by atoms with Crippen molar-refractivity contribution in [2.75, 3.05) is 13.1 Å². The van der Waals surface area contributed by atoms with Crippen LogP contribution in [0.2, 0.25) is 0 Å². The number of rotatable bonds is 4. The number of ketones is 1. The van der Waals surface area contributed by atoms with Crippen LogP contribution in [0.1, 0.15) is 53.9 Å². The third-order valence-corrected chi connectivity index (χ3v) is 3.54. The Labute approximate surface area is 116 Å². The van der Waals surface area contributed by atoms with Gasteiger partial charge in [-0.3, -0.25) is 4.79 Å². The Bertz CT molecular complexity index is 333. The zero-order valence-corrected chi connectivity index (χ0v) is 12.9. The highest BCUT2D eigenvalue weighted by atomic mass is 16.6. The van der Waals surface area contributed by atoms with Gasteiger partial charge in [0.05, 0.1) is 0 Å². The number of nitrogens with zero attached hydrogens (tertiary/aromatic N) is 1. The largest absolute Gasteiger partial charge is 0.444 e. The molecule has 1 heterocycles. The lowest BCUT2D eigenvalue weighted by Crippen LogP contribution is -2.36. The third-order valence-electron chi connectivity index (χ3n) is 3.54. The van der Waals surface area contributed by atoms with E-state index >= 15 is 0 Å². The van der Waals surface area contributed by atoms with Crippen LogP contribution >= 0.6 is 0 Å². The summed E-state index contributed by atoms with van der Waals surface area (Å²) in [6.45, 7) is 10.9. The van der Waals surface area contributed by atoms with Gasteiger partial charge in [-0.05, 0) is 33.1 Å². The normalized spacial score (nSPS) is 21.3. The molecule has 1 rings (SSSR count). The molecule has 0 aromatic rings. The maximum Gasteiger partial charge on any atom is 0.410 e. The van der Waals surface area contributed by atoms with E-state index in [0.717, 1.165) is 12.8 Å². The van der Waals surface area contributed by atoms with Crippen LogP contribution in [0.15, 0.2) is 0 Å². The first-order chi connectivity index (χ1) is 8.73. The fraction of sp³-hybridized carbons (Fsp3) is 0.867. The molecule has 2 atom stereocenters. The summed E-state index contributed by atoms with van der Waals surface area (Å²) in [5.41, 5.74) is -0.476. The molecule has 110 valence electrons. The van der Waals surface area contributed by atoms with Gasteiger partial charge in [0, 0.05) is 25.4 Å². The number of likely N-dealkylation sites (tertiary alicyclic amines) is 1. The minimum Gasteiger partial charge on any atom is -0.444 e. The molecule has 4 nitrogen and oxygen atoms in total. The van der Waals surface area contributed by atoms with Crippen molar-refractivity contribution in [3.63, 3.8) is 0 Å². The van der Waals surface area contributed by atoms with E-state index < -0.39 is 5.60 Å². The van der Waals surface area contributed by atoms with Crippen molar-refractivity contribution in [1.82, 2.24) is 4.90 Å². The molecule has 19 heavy (non-hydrogen) atoms. The van der Waals surface area contributed by atoms with Crippen LogP contribution in [0.3, 0.4) is 0 Å². The second-order valence-corrected chi connectivity index (χ2v) is 6.60. The number of Topliss-reactive ketones (excluding diaryl/α,β-unsaturated/α-hetero) is 1. The molecule has 1 amide bonds. The van der Waals surface area contributed by atoms with Gasteiger partial charge >= 0.3 is 6.09 Å². The molecule has 1 fully saturated rings. The number of carbonyl (C=O) groups is 2. The zero-order valence-electron chi connectivity index (χ0n) is 12.9. The Kier molecular flexibility index (Phi) is 5.39. The van der Waals surface area contributed by atoms with Gasteiger partial charge in [0.2, 0.25) is 0 Å². The van der Waals surface area contributed by atoms with E-state index in [1.165, 1.54) is 0 Å². The third kappa shape index (κ3) is 5.21. The smallest absolute Gasteiger partial charge is 0.410 e. The minimum atomic E-state index is -0.476. The molecule has 1 aliphatic rings. The fourth-order valence-corrected chi connectivity index (χ4v) is 2.17. The summed E-state index contributed by atoms with van der Waals surface area (Å²) in [7, 11) is 0. The van der Waals surface area contributed by atoms with Gasteiger partial charge in [-0.1, -0.05) is 20.3 Å². The Hall–Kier alpha value is -1.06. The van der Waals surface area contributed by atoms with Crippen molar-refractivity contribution >= 4 is 11.9 Å². The van der Waals surface area contributed by atoms with Crippen molar-refractivity contribution in [3.05, 3.63) is 0 Å². The van der Waals surface area contributed by atoms with Crippen LogP contribution < -0.4 is 0 Å². The molecule has 0 saturated carbocycles. The summed E-state index contributed by atoms with van der Waals surface area (Å²) < 4.78 is 5.33. The zero-order chi connectivity index (χ0) is 14.6. The first-order valence-corrected chi connectivity index (χ1v) is 7.23. The highest BCUT2D eigenvalue weighted by Crippen LogP contribution is 2.23. The number of hydrogen-bond acceptors (Lipinski definition) is 3. The molecule has 0 aliphatic carbocycles. The SMILES string of the molecule is CCC(C)CC(=O)C1CCN(C(=O)OC(C)(C)C)C1. The van der Waals surface area contributed by atoms with Crippen LogP contribution in [-0.4, -0.2) is 35.5 Å². The molecule has 0 aromatic heterocycles. The molecule has 4 heteroatoms. The highest BCUT2D eigenvalue weighted by Gasteiger charge is 2.33. The van der Waals surface area contributed by atoms with Gasteiger partial charge in [0.1, 0.15) is 11.4 Å². The maximum atomic E-state index is 12.1. The average molecular weight is 269 g/mol. The minimum absolute atomic E-state index is 0.00141. The fourth-order valence-electron chi connectivity index (χ4n) is 2.17. The van der Waals surface area contributed by atoms with Gasteiger partial charge in [-0.2, -0.15) is 0 Å². The summed E-state index contributed by atoms with van der Waals surface area (Å²) in [6.07, 6.45) is 2.12. The molecule has 2 unspecified atom stereocenters. The quantitative estimate of drug-likeness (QED) is 0.787. The number of amides is 1. The predicted octanol–water partition coefficient (Wildman–Crippen LogP) is 3.25. The van der Waals surface area contributed by atoms with E-state index in [0.29, 0.717) is 31.2 Å². The van der Waals surface area contributed by atoms with E-state index in [-0.39, 0.29) is 12.0 Å². The van der Waals surface area contributed by atoms with Gasteiger partial charge in [-0.15, -0.1) is 0 Å². The van der Waals surface area contributed by atoms with Gasteiger partial charge in [0.25, 0.3) is 0 Å². The Morgan fingerprint density at radius 2 is 2.00 bits per heavy atom. The number of ether oxygens (including phenoxy) is 1. The summed E-state index contributed by atoms with van der Waals surface area (Å²) in [4.78, 5) is 25.6. The molecule has 0 bridgehead atoms. The molecule has 1 aliphatic heterocycles. The number of hydrogen-bond donors (Lipinski definition) is 0. The monoisotopic (exact) mass is 269 g/mol. The average Bonchev–Trinajstić information content (AvgIpc) is 2.75.